The number of allylic oxidation sites excluding steroid dienone is 1. The number of nitrogens with zero attached hydrogens (tertiary/aromatic N) is 1. The number of amides is 1. The Kier molecular flexibility index (Phi) is 4.64. The Hall–Kier alpha value is -2.63. The van der Waals surface area contributed by atoms with E-state index in [2.05, 4.69) is 0 Å². The Balaban J connectivity index is 1.72. The highest BCUT2D eigenvalue weighted by Crippen LogP contribution is 2.37. The van der Waals surface area contributed by atoms with Gasteiger partial charge in [0.25, 0.3) is 0 Å². The molecule has 0 aromatic heterocycles. The number of carbonyl (C=O) groups is 3. The van der Waals surface area contributed by atoms with Crippen molar-refractivity contribution < 1.29 is 23.9 Å². The molecule has 0 saturated carbocycles. The van der Waals surface area contributed by atoms with Crippen LogP contribution in [0.15, 0.2) is 42.5 Å². The largest absolute Gasteiger partial charge is 0.464 e. The molecule has 6 heteroatoms. The van der Waals surface area contributed by atoms with Crippen molar-refractivity contribution >= 4 is 17.8 Å². The molecule has 1 fully saturated rings. The van der Waals surface area contributed by atoms with Crippen molar-refractivity contribution in [3.05, 3.63) is 48.0 Å². The van der Waals surface area contributed by atoms with Crippen molar-refractivity contribution in [2.75, 3.05) is 13.2 Å². The minimum absolute atomic E-state index is 0.116. The van der Waals surface area contributed by atoms with Gasteiger partial charge >= 0.3 is 12.1 Å². The van der Waals surface area contributed by atoms with Crippen molar-refractivity contribution in [1.29, 1.82) is 0 Å². The van der Waals surface area contributed by atoms with Crippen LogP contribution >= 0.6 is 0 Å². The van der Waals surface area contributed by atoms with E-state index in [9.17, 15) is 14.4 Å². The molecule has 1 heterocycles. The monoisotopic (exact) mass is 329 g/mol. The van der Waals surface area contributed by atoms with E-state index in [1.165, 1.54) is 11.0 Å². The maximum Gasteiger partial charge on any atom is 0.410 e. The minimum atomic E-state index is -0.916. The van der Waals surface area contributed by atoms with Gasteiger partial charge < -0.3 is 9.47 Å². The fraction of sp³-hybridized carbons (Fsp3) is 0.389. The number of likely N-dealkylation sites (tertiary alicyclic amines) is 1. The van der Waals surface area contributed by atoms with Crippen LogP contribution in [-0.2, 0) is 25.7 Å². The molecule has 24 heavy (non-hydrogen) atoms. The summed E-state index contributed by atoms with van der Waals surface area (Å²) in [6, 6.07) is 8.37. The van der Waals surface area contributed by atoms with Crippen molar-refractivity contribution in [3.63, 3.8) is 0 Å². The standard InChI is InChI=1S/C18H19NO5/c1-2-23-17(21)16-15-13(8-9-14(15)20)10-19(16)18(22)24-11-12-6-4-3-5-7-12/h3-9,13,15-16H,2,10-11H2,1H3. The lowest BCUT2D eigenvalue weighted by atomic mass is 9.92. The topological polar surface area (TPSA) is 72.9 Å². The average molecular weight is 329 g/mol. The van der Waals surface area contributed by atoms with Crippen LogP contribution < -0.4 is 0 Å². The van der Waals surface area contributed by atoms with Crippen LogP contribution in [0, 0.1) is 11.8 Å². The molecule has 1 saturated heterocycles. The Labute approximate surface area is 140 Å². The molecular weight excluding hydrogens is 310 g/mol. The van der Waals surface area contributed by atoms with Crippen LogP contribution in [0.1, 0.15) is 12.5 Å². The molecule has 1 aliphatic carbocycles. The first-order valence-electron chi connectivity index (χ1n) is 7.97. The number of rotatable bonds is 4. The summed E-state index contributed by atoms with van der Waals surface area (Å²) in [6.07, 6.45) is 2.63. The van der Waals surface area contributed by atoms with E-state index in [0.717, 1.165) is 5.56 Å². The Morgan fingerprint density at radius 2 is 1.96 bits per heavy atom. The van der Waals surface area contributed by atoms with E-state index < -0.39 is 24.0 Å². The zero-order valence-corrected chi connectivity index (χ0v) is 13.4. The third-order valence-corrected chi connectivity index (χ3v) is 4.35. The summed E-state index contributed by atoms with van der Waals surface area (Å²) in [7, 11) is 0. The van der Waals surface area contributed by atoms with E-state index in [1.807, 2.05) is 30.3 Å². The van der Waals surface area contributed by atoms with Gasteiger partial charge in [-0.1, -0.05) is 36.4 Å². The summed E-state index contributed by atoms with van der Waals surface area (Å²) < 4.78 is 10.4. The summed E-state index contributed by atoms with van der Waals surface area (Å²) in [5, 5.41) is 0. The predicted octanol–water partition coefficient (Wildman–Crippen LogP) is 1.94. The normalized spacial score (nSPS) is 24.8. The Bertz CT molecular complexity index is 669. The van der Waals surface area contributed by atoms with Gasteiger partial charge in [-0.15, -0.1) is 0 Å². The molecule has 1 aromatic rings. The lowest BCUT2D eigenvalue weighted by molar-refractivity contribution is -0.150. The zero-order valence-electron chi connectivity index (χ0n) is 13.4. The third-order valence-electron chi connectivity index (χ3n) is 4.35. The second-order valence-electron chi connectivity index (χ2n) is 5.84. The van der Waals surface area contributed by atoms with Crippen molar-refractivity contribution in [2.24, 2.45) is 11.8 Å². The number of benzene rings is 1. The fourth-order valence-electron chi connectivity index (χ4n) is 3.25. The molecule has 3 unspecified atom stereocenters. The highest BCUT2D eigenvalue weighted by Gasteiger charge is 2.53. The lowest BCUT2D eigenvalue weighted by Gasteiger charge is -2.24. The first-order chi connectivity index (χ1) is 11.6. The molecule has 126 valence electrons. The maximum absolute atomic E-state index is 12.4. The molecular formula is C18H19NO5. The first kappa shape index (κ1) is 16.2. The highest BCUT2D eigenvalue weighted by molar-refractivity contribution is 6.00. The molecule has 0 N–H and O–H groups in total. The molecule has 6 nitrogen and oxygen atoms in total. The summed E-state index contributed by atoms with van der Waals surface area (Å²) in [4.78, 5) is 38.1. The van der Waals surface area contributed by atoms with Crippen LogP contribution in [0.2, 0.25) is 0 Å². The van der Waals surface area contributed by atoms with Gasteiger partial charge in [-0.2, -0.15) is 0 Å². The molecule has 0 spiro atoms. The Morgan fingerprint density at radius 1 is 1.21 bits per heavy atom. The summed E-state index contributed by atoms with van der Waals surface area (Å²) >= 11 is 0. The van der Waals surface area contributed by atoms with E-state index in [0.29, 0.717) is 0 Å². The van der Waals surface area contributed by atoms with Gasteiger partial charge in [-0.3, -0.25) is 9.69 Å². The van der Waals surface area contributed by atoms with Crippen molar-refractivity contribution in [3.8, 4) is 0 Å². The molecule has 1 aromatic carbocycles. The van der Waals surface area contributed by atoms with Crippen molar-refractivity contribution in [1.82, 2.24) is 4.90 Å². The van der Waals surface area contributed by atoms with Gasteiger partial charge in [0.05, 0.1) is 12.5 Å². The molecule has 0 bridgehead atoms. The Morgan fingerprint density at radius 3 is 2.67 bits per heavy atom. The van der Waals surface area contributed by atoms with Gasteiger partial charge in [-0.25, -0.2) is 9.59 Å². The van der Waals surface area contributed by atoms with Crippen LogP contribution in [-0.4, -0.2) is 41.9 Å². The molecule has 1 amide bonds. The fourth-order valence-corrected chi connectivity index (χ4v) is 3.25. The van der Waals surface area contributed by atoms with Crippen LogP contribution in [0.25, 0.3) is 0 Å². The number of hydrogen-bond donors (Lipinski definition) is 0. The molecule has 1 aliphatic heterocycles. The molecule has 0 radical (unpaired) electrons. The van der Waals surface area contributed by atoms with Crippen LogP contribution in [0.4, 0.5) is 4.79 Å². The molecule has 2 aliphatic rings. The minimum Gasteiger partial charge on any atom is -0.464 e. The number of hydrogen-bond acceptors (Lipinski definition) is 5. The quantitative estimate of drug-likeness (QED) is 0.789. The lowest BCUT2D eigenvalue weighted by Crippen LogP contribution is -2.45. The average Bonchev–Trinajstić information content (AvgIpc) is 3.14. The zero-order chi connectivity index (χ0) is 17.1. The first-order valence-corrected chi connectivity index (χ1v) is 7.97. The summed E-state index contributed by atoms with van der Waals surface area (Å²) in [6.45, 7) is 2.28. The van der Waals surface area contributed by atoms with E-state index in [-0.39, 0.29) is 31.5 Å². The van der Waals surface area contributed by atoms with Gasteiger partial charge in [0.1, 0.15) is 12.6 Å². The molecule has 3 rings (SSSR count). The van der Waals surface area contributed by atoms with Crippen molar-refractivity contribution in [2.45, 2.75) is 19.6 Å². The smallest absolute Gasteiger partial charge is 0.410 e. The molecule has 3 atom stereocenters. The predicted molar refractivity (Wildman–Crippen MR) is 84.9 cm³/mol. The number of ether oxygens (including phenoxy) is 2. The number of ketones is 1. The van der Waals surface area contributed by atoms with Gasteiger partial charge in [0, 0.05) is 12.5 Å². The second-order valence-corrected chi connectivity index (χ2v) is 5.84. The number of esters is 1. The SMILES string of the molecule is CCOC(=O)C1C2C(=O)C=CC2CN1C(=O)OCc1ccccc1. The number of fused-ring (bicyclic) bond motifs is 1. The van der Waals surface area contributed by atoms with E-state index >= 15 is 0 Å². The maximum atomic E-state index is 12.4. The highest BCUT2D eigenvalue weighted by atomic mass is 16.6. The van der Waals surface area contributed by atoms with Gasteiger partial charge in [0.2, 0.25) is 0 Å². The van der Waals surface area contributed by atoms with Gasteiger partial charge in [0.15, 0.2) is 5.78 Å². The van der Waals surface area contributed by atoms with E-state index in [1.54, 1.807) is 13.0 Å². The van der Waals surface area contributed by atoms with E-state index in [4.69, 9.17) is 9.47 Å². The summed E-state index contributed by atoms with van der Waals surface area (Å²) in [5.74, 6) is -1.42. The summed E-state index contributed by atoms with van der Waals surface area (Å²) in [5.41, 5.74) is 0.855. The van der Waals surface area contributed by atoms with Crippen LogP contribution in [0.3, 0.4) is 0 Å². The third kappa shape index (κ3) is 3.04. The van der Waals surface area contributed by atoms with Crippen LogP contribution in [0.5, 0.6) is 0 Å². The van der Waals surface area contributed by atoms with Gasteiger partial charge in [-0.05, 0) is 18.6 Å². The second kappa shape index (κ2) is 6.86. The number of carbonyl (C=O) groups excluding carboxylic acids is 3.